The molecule has 0 fully saturated rings. The third kappa shape index (κ3) is 3.42. The largest absolute Gasteiger partial charge is 0.324 e. The van der Waals surface area contributed by atoms with Crippen LogP contribution in [0.25, 0.3) is 0 Å². The first-order chi connectivity index (χ1) is 6.93. The van der Waals surface area contributed by atoms with Gasteiger partial charge < -0.3 is 5.73 Å². The molecule has 1 rings (SSSR count). The van der Waals surface area contributed by atoms with E-state index in [2.05, 4.69) is 0 Å². The summed E-state index contributed by atoms with van der Waals surface area (Å²) in [6.45, 7) is 5.54. The van der Waals surface area contributed by atoms with Gasteiger partial charge in [-0.2, -0.15) is 0 Å². The fraction of sp³-hybridized carbons (Fsp3) is 0.500. The highest BCUT2D eigenvalue weighted by Crippen LogP contribution is 2.24. The SMILES string of the molecule is Cc1ccc([C@H](N)CC(C)C)c(F)c1F.Cl. The lowest BCUT2D eigenvalue weighted by atomic mass is 9.96. The molecule has 0 bridgehead atoms. The second-order valence-electron chi connectivity index (χ2n) is 4.34. The van der Waals surface area contributed by atoms with E-state index in [0.717, 1.165) is 0 Å². The summed E-state index contributed by atoms with van der Waals surface area (Å²) in [6, 6.07) is 2.70. The lowest BCUT2D eigenvalue weighted by Gasteiger charge is -2.16. The van der Waals surface area contributed by atoms with Gasteiger partial charge in [-0.1, -0.05) is 26.0 Å². The smallest absolute Gasteiger partial charge is 0.163 e. The van der Waals surface area contributed by atoms with Crippen LogP contribution in [0.1, 0.15) is 37.4 Å². The molecule has 0 amide bonds. The zero-order valence-electron chi connectivity index (χ0n) is 9.76. The number of halogens is 3. The van der Waals surface area contributed by atoms with Crippen LogP contribution in [-0.4, -0.2) is 0 Å². The molecule has 0 saturated carbocycles. The highest BCUT2D eigenvalue weighted by Gasteiger charge is 2.17. The first-order valence-corrected chi connectivity index (χ1v) is 5.13. The maximum atomic E-state index is 13.5. The van der Waals surface area contributed by atoms with Gasteiger partial charge in [0.25, 0.3) is 0 Å². The molecule has 0 saturated heterocycles. The Hall–Kier alpha value is -0.670. The monoisotopic (exact) mass is 249 g/mol. The second kappa shape index (κ2) is 6.16. The molecule has 0 heterocycles. The third-order valence-electron chi connectivity index (χ3n) is 2.43. The minimum Gasteiger partial charge on any atom is -0.324 e. The summed E-state index contributed by atoms with van der Waals surface area (Å²) in [6.07, 6.45) is 0.652. The zero-order chi connectivity index (χ0) is 11.6. The van der Waals surface area contributed by atoms with Crippen LogP contribution in [0.15, 0.2) is 12.1 Å². The quantitative estimate of drug-likeness (QED) is 0.868. The molecular weight excluding hydrogens is 232 g/mol. The molecule has 2 N–H and O–H groups in total. The van der Waals surface area contributed by atoms with Crippen LogP contribution in [0.5, 0.6) is 0 Å². The fourth-order valence-electron chi connectivity index (χ4n) is 1.58. The van der Waals surface area contributed by atoms with Crippen molar-refractivity contribution in [1.82, 2.24) is 0 Å². The van der Waals surface area contributed by atoms with Gasteiger partial charge in [-0.15, -0.1) is 12.4 Å². The Bertz CT molecular complexity index is 353. The number of aryl methyl sites for hydroxylation is 1. The Kier molecular flexibility index (Phi) is 5.90. The lowest BCUT2D eigenvalue weighted by molar-refractivity contribution is 0.456. The van der Waals surface area contributed by atoms with Gasteiger partial charge in [0.15, 0.2) is 11.6 Å². The number of hydrogen-bond donors (Lipinski definition) is 1. The maximum absolute atomic E-state index is 13.5. The van der Waals surface area contributed by atoms with Crippen molar-refractivity contribution in [2.75, 3.05) is 0 Å². The predicted molar refractivity (Wildman–Crippen MR) is 64.7 cm³/mol. The summed E-state index contributed by atoms with van der Waals surface area (Å²) >= 11 is 0. The Labute approximate surface area is 101 Å². The van der Waals surface area contributed by atoms with Gasteiger partial charge in [-0.05, 0) is 24.8 Å². The van der Waals surface area contributed by atoms with Crippen LogP contribution in [-0.2, 0) is 0 Å². The minimum absolute atomic E-state index is 0. The summed E-state index contributed by atoms with van der Waals surface area (Å²) in [4.78, 5) is 0. The van der Waals surface area contributed by atoms with E-state index in [0.29, 0.717) is 17.9 Å². The van der Waals surface area contributed by atoms with E-state index in [1.165, 1.54) is 6.92 Å². The second-order valence-corrected chi connectivity index (χ2v) is 4.34. The normalized spacial score (nSPS) is 12.4. The van der Waals surface area contributed by atoms with Crippen molar-refractivity contribution in [1.29, 1.82) is 0 Å². The van der Waals surface area contributed by atoms with E-state index in [1.54, 1.807) is 12.1 Å². The van der Waals surface area contributed by atoms with Crippen LogP contribution < -0.4 is 5.73 Å². The third-order valence-corrected chi connectivity index (χ3v) is 2.43. The van der Waals surface area contributed by atoms with Crippen LogP contribution >= 0.6 is 12.4 Å². The Morgan fingerprint density at radius 1 is 1.19 bits per heavy atom. The highest BCUT2D eigenvalue weighted by molar-refractivity contribution is 5.85. The van der Waals surface area contributed by atoms with Gasteiger partial charge in [0, 0.05) is 11.6 Å². The molecule has 1 aromatic carbocycles. The van der Waals surface area contributed by atoms with Crippen molar-refractivity contribution >= 4 is 12.4 Å². The minimum atomic E-state index is -0.803. The van der Waals surface area contributed by atoms with E-state index < -0.39 is 17.7 Å². The molecule has 4 heteroatoms. The van der Waals surface area contributed by atoms with Gasteiger partial charge in [0.1, 0.15) is 0 Å². The first kappa shape index (κ1) is 15.3. The molecule has 0 aliphatic carbocycles. The Balaban J connectivity index is 0.00000225. The lowest BCUT2D eigenvalue weighted by Crippen LogP contribution is -2.15. The number of hydrogen-bond acceptors (Lipinski definition) is 1. The Morgan fingerprint density at radius 2 is 1.75 bits per heavy atom. The molecule has 0 spiro atoms. The molecule has 92 valence electrons. The van der Waals surface area contributed by atoms with E-state index >= 15 is 0 Å². The van der Waals surface area contributed by atoms with Crippen molar-refractivity contribution < 1.29 is 8.78 Å². The molecule has 1 aromatic rings. The molecule has 0 unspecified atom stereocenters. The van der Waals surface area contributed by atoms with Crippen LogP contribution in [0.4, 0.5) is 8.78 Å². The molecule has 16 heavy (non-hydrogen) atoms. The molecule has 0 aliphatic heterocycles. The molecule has 0 radical (unpaired) electrons. The van der Waals surface area contributed by atoms with Crippen molar-refractivity contribution in [3.05, 3.63) is 34.9 Å². The number of rotatable bonds is 3. The maximum Gasteiger partial charge on any atom is 0.163 e. The molecule has 1 nitrogen and oxygen atoms in total. The van der Waals surface area contributed by atoms with E-state index in [1.807, 2.05) is 13.8 Å². The summed E-state index contributed by atoms with van der Waals surface area (Å²) in [5, 5.41) is 0. The molecule has 1 atom stereocenters. The van der Waals surface area contributed by atoms with E-state index in [4.69, 9.17) is 5.73 Å². The average molecular weight is 250 g/mol. The summed E-state index contributed by atoms with van der Waals surface area (Å²) in [5.41, 5.74) is 6.39. The van der Waals surface area contributed by atoms with Crippen LogP contribution in [0.2, 0.25) is 0 Å². The first-order valence-electron chi connectivity index (χ1n) is 5.13. The van der Waals surface area contributed by atoms with Gasteiger partial charge in [0.05, 0.1) is 0 Å². The number of nitrogens with two attached hydrogens (primary N) is 1. The van der Waals surface area contributed by atoms with Crippen LogP contribution in [0, 0.1) is 24.5 Å². The van der Waals surface area contributed by atoms with E-state index in [-0.39, 0.29) is 18.0 Å². The summed E-state index contributed by atoms with van der Waals surface area (Å²) in [7, 11) is 0. The molecule has 0 aromatic heterocycles. The summed E-state index contributed by atoms with van der Waals surface area (Å²) in [5.74, 6) is -1.22. The zero-order valence-corrected chi connectivity index (χ0v) is 10.6. The molecular formula is C12H18ClF2N. The number of benzene rings is 1. The van der Waals surface area contributed by atoms with Gasteiger partial charge in [-0.25, -0.2) is 8.78 Å². The summed E-state index contributed by atoms with van der Waals surface area (Å²) < 4.78 is 26.8. The van der Waals surface area contributed by atoms with Gasteiger partial charge >= 0.3 is 0 Å². The molecule has 0 aliphatic rings. The van der Waals surface area contributed by atoms with E-state index in [9.17, 15) is 8.78 Å². The van der Waals surface area contributed by atoms with Crippen molar-refractivity contribution in [2.24, 2.45) is 11.7 Å². The predicted octanol–water partition coefficient (Wildman–Crippen LogP) is 3.74. The van der Waals surface area contributed by atoms with Crippen molar-refractivity contribution in [3.8, 4) is 0 Å². The Morgan fingerprint density at radius 3 is 2.25 bits per heavy atom. The van der Waals surface area contributed by atoms with Crippen molar-refractivity contribution in [3.63, 3.8) is 0 Å². The standard InChI is InChI=1S/C12H17F2N.ClH/c1-7(2)6-10(15)9-5-4-8(3)11(13)12(9)14;/h4-5,7,10H,6,15H2,1-3H3;1H/t10-;/m1./s1. The van der Waals surface area contributed by atoms with Crippen LogP contribution in [0.3, 0.4) is 0 Å². The van der Waals surface area contributed by atoms with Gasteiger partial charge in [-0.3, -0.25) is 0 Å². The fourth-order valence-corrected chi connectivity index (χ4v) is 1.58. The average Bonchev–Trinajstić information content (AvgIpc) is 2.13. The van der Waals surface area contributed by atoms with Gasteiger partial charge in [0.2, 0.25) is 0 Å². The topological polar surface area (TPSA) is 26.0 Å². The highest BCUT2D eigenvalue weighted by atomic mass is 35.5. The van der Waals surface area contributed by atoms with Crippen molar-refractivity contribution in [2.45, 2.75) is 33.2 Å².